The first-order valence-electron chi connectivity index (χ1n) is 5.91. The van der Waals surface area contributed by atoms with E-state index in [1.807, 2.05) is 12.1 Å². The van der Waals surface area contributed by atoms with Crippen molar-refractivity contribution in [2.45, 2.75) is 12.8 Å². The SMILES string of the molecule is N#Cc1ccc(NCCOCC2CC2)cc1N. The molecule has 0 amide bonds. The van der Waals surface area contributed by atoms with Crippen LogP contribution in [0.1, 0.15) is 18.4 Å². The highest BCUT2D eigenvalue weighted by Gasteiger charge is 2.20. The van der Waals surface area contributed by atoms with Crippen LogP contribution in [-0.4, -0.2) is 19.8 Å². The number of ether oxygens (including phenoxy) is 1. The molecule has 1 fully saturated rings. The number of nitrogen functional groups attached to an aromatic ring is 1. The highest BCUT2D eigenvalue weighted by atomic mass is 16.5. The summed E-state index contributed by atoms with van der Waals surface area (Å²) in [6.45, 7) is 2.35. The lowest BCUT2D eigenvalue weighted by molar-refractivity contribution is 0.134. The normalized spacial score (nSPS) is 14.3. The lowest BCUT2D eigenvalue weighted by Crippen LogP contribution is -2.10. The van der Waals surface area contributed by atoms with E-state index in [0.29, 0.717) is 17.9 Å². The van der Waals surface area contributed by atoms with E-state index in [1.54, 1.807) is 12.1 Å². The Kier molecular flexibility index (Phi) is 3.84. The third-order valence-electron chi connectivity index (χ3n) is 2.80. The number of anilines is 2. The number of nitrogens with one attached hydrogen (secondary N) is 1. The summed E-state index contributed by atoms with van der Waals surface area (Å²) in [5.74, 6) is 0.806. The Morgan fingerprint density at radius 1 is 1.47 bits per heavy atom. The predicted molar refractivity (Wildman–Crippen MR) is 67.6 cm³/mol. The average molecular weight is 231 g/mol. The van der Waals surface area contributed by atoms with Gasteiger partial charge < -0.3 is 15.8 Å². The summed E-state index contributed by atoms with van der Waals surface area (Å²) in [7, 11) is 0. The molecule has 4 heteroatoms. The van der Waals surface area contributed by atoms with Crippen LogP contribution >= 0.6 is 0 Å². The van der Waals surface area contributed by atoms with E-state index in [0.717, 1.165) is 24.8 Å². The minimum atomic E-state index is 0.511. The molecule has 2 rings (SSSR count). The summed E-state index contributed by atoms with van der Waals surface area (Å²) in [5, 5.41) is 12.0. The lowest BCUT2D eigenvalue weighted by atomic mass is 10.2. The van der Waals surface area contributed by atoms with E-state index in [1.165, 1.54) is 12.8 Å². The van der Waals surface area contributed by atoms with Crippen LogP contribution in [0.3, 0.4) is 0 Å². The van der Waals surface area contributed by atoms with Gasteiger partial charge in [-0.15, -0.1) is 0 Å². The molecule has 0 unspecified atom stereocenters. The van der Waals surface area contributed by atoms with Gasteiger partial charge in [0.2, 0.25) is 0 Å². The Labute approximate surface area is 101 Å². The van der Waals surface area contributed by atoms with Gasteiger partial charge in [0.25, 0.3) is 0 Å². The van der Waals surface area contributed by atoms with E-state index in [2.05, 4.69) is 5.32 Å². The number of benzene rings is 1. The Morgan fingerprint density at radius 3 is 2.94 bits per heavy atom. The molecule has 0 radical (unpaired) electrons. The monoisotopic (exact) mass is 231 g/mol. The second-order valence-electron chi connectivity index (χ2n) is 4.36. The molecule has 0 aliphatic heterocycles. The molecule has 90 valence electrons. The average Bonchev–Trinajstić information content (AvgIpc) is 3.13. The van der Waals surface area contributed by atoms with Crippen LogP contribution in [0.2, 0.25) is 0 Å². The second-order valence-corrected chi connectivity index (χ2v) is 4.36. The smallest absolute Gasteiger partial charge is 0.101 e. The minimum Gasteiger partial charge on any atom is -0.398 e. The Morgan fingerprint density at radius 2 is 2.29 bits per heavy atom. The van der Waals surface area contributed by atoms with E-state index in [9.17, 15) is 0 Å². The van der Waals surface area contributed by atoms with Crippen molar-refractivity contribution in [2.24, 2.45) is 5.92 Å². The number of nitrogens with two attached hydrogens (primary N) is 1. The van der Waals surface area contributed by atoms with Gasteiger partial charge in [-0.1, -0.05) is 0 Å². The minimum absolute atomic E-state index is 0.511. The lowest BCUT2D eigenvalue weighted by Gasteiger charge is -2.08. The summed E-state index contributed by atoms with van der Waals surface area (Å²) in [4.78, 5) is 0. The van der Waals surface area contributed by atoms with Crippen LogP contribution in [0, 0.1) is 17.2 Å². The molecule has 0 atom stereocenters. The van der Waals surface area contributed by atoms with Crippen molar-refractivity contribution < 1.29 is 4.74 Å². The van der Waals surface area contributed by atoms with Crippen molar-refractivity contribution >= 4 is 11.4 Å². The summed E-state index contributed by atoms with van der Waals surface area (Å²) >= 11 is 0. The molecule has 1 saturated carbocycles. The van der Waals surface area contributed by atoms with Crippen LogP contribution in [0.15, 0.2) is 18.2 Å². The quantitative estimate of drug-likeness (QED) is 0.580. The van der Waals surface area contributed by atoms with Crippen LogP contribution in [0.25, 0.3) is 0 Å². The van der Waals surface area contributed by atoms with Gasteiger partial charge >= 0.3 is 0 Å². The Hall–Kier alpha value is -1.73. The summed E-state index contributed by atoms with van der Waals surface area (Å²) in [6.07, 6.45) is 2.64. The molecule has 1 aromatic carbocycles. The number of rotatable bonds is 6. The van der Waals surface area contributed by atoms with Gasteiger partial charge in [-0.2, -0.15) is 5.26 Å². The molecule has 17 heavy (non-hydrogen) atoms. The van der Waals surface area contributed by atoms with E-state index >= 15 is 0 Å². The maximum absolute atomic E-state index is 8.74. The maximum Gasteiger partial charge on any atom is 0.101 e. The third-order valence-corrected chi connectivity index (χ3v) is 2.80. The zero-order valence-corrected chi connectivity index (χ0v) is 9.78. The van der Waals surface area contributed by atoms with Crippen LogP contribution < -0.4 is 11.1 Å². The van der Waals surface area contributed by atoms with Gasteiger partial charge in [0, 0.05) is 18.8 Å². The van der Waals surface area contributed by atoms with Crippen molar-refractivity contribution in [2.75, 3.05) is 30.8 Å². The first-order chi connectivity index (χ1) is 8.29. The number of nitrogens with zero attached hydrogens (tertiary/aromatic N) is 1. The van der Waals surface area contributed by atoms with Crippen molar-refractivity contribution in [3.05, 3.63) is 23.8 Å². The fourth-order valence-electron chi connectivity index (χ4n) is 1.58. The third kappa shape index (κ3) is 3.65. The molecule has 0 aromatic heterocycles. The first-order valence-corrected chi connectivity index (χ1v) is 5.91. The molecule has 1 aromatic rings. The maximum atomic E-state index is 8.74. The van der Waals surface area contributed by atoms with E-state index < -0.39 is 0 Å². The van der Waals surface area contributed by atoms with Crippen molar-refractivity contribution in [3.8, 4) is 6.07 Å². The molecule has 0 saturated heterocycles. The van der Waals surface area contributed by atoms with Crippen LogP contribution in [-0.2, 0) is 4.74 Å². The molecule has 0 heterocycles. The van der Waals surface area contributed by atoms with Crippen LogP contribution in [0.4, 0.5) is 11.4 Å². The zero-order chi connectivity index (χ0) is 12.1. The molecular formula is C13H17N3O. The van der Waals surface area contributed by atoms with E-state index in [-0.39, 0.29) is 0 Å². The van der Waals surface area contributed by atoms with Crippen molar-refractivity contribution in [1.29, 1.82) is 5.26 Å². The molecule has 3 N–H and O–H groups in total. The van der Waals surface area contributed by atoms with Gasteiger partial charge in [-0.25, -0.2) is 0 Å². The predicted octanol–water partition coefficient (Wildman–Crippen LogP) is 1.98. The Bertz CT molecular complexity index is 421. The van der Waals surface area contributed by atoms with Gasteiger partial charge in [0.05, 0.1) is 17.9 Å². The van der Waals surface area contributed by atoms with Crippen LogP contribution in [0.5, 0.6) is 0 Å². The summed E-state index contributed by atoms with van der Waals surface area (Å²) in [5.41, 5.74) is 7.67. The number of nitriles is 1. The van der Waals surface area contributed by atoms with Crippen molar-refractivity contribution in [1.82, 2.24) is 0 Å². The summed E-state index contributed by atoms with van der Waals surface area (Å²) in [6, 6.07) is 7.40. The second kappa shape index (κ2) is 5.55. The van der Waals surface area contributed by atoms with Gasteiger partial charge in [0.1, 0.15) is 6.07 Å². The fraction of sp³-hybridized carbons (Fsp3) is 0.462. The van der Waals surface area contributed by atoms with Gasteiger partial charge in [0.15, 0.2) is 0 Å². The van der Waals surface area contributed by atoms with Gasteiger partial charge in [-0.3, -0.25) is 0 Å². The van der Waals surface area contributed by atoms with Gasteiger partial charge in [-0.05, 0) is 37.0 Å². The van der Waals surface area contributed by atoms with Crippen molar-refractivity contribution in [3.63, 3.8) is 0 Å². The molecule has 0 spiro atoms. The topological polar surface area (TPSA) is 71.1 Å². The highest BCUT2D eigenvalue weighted by molar-refractivity contribution is 5.62. The number of hydrogen-bond acceptors (Lipinski definition) is 4. The zero-order valence-electron chi connectivity index (χ0n) is 9.78. The fourth-order valence-corrected chi connectivity index (χ4v) is 1.58. The first kappa shape index (κ1) is 11.7. The largest absolute Gasteiger partial charge is 0.398 e. The molecule has 1 aliphatic rings. The standard InChI is InChI=1S/C13H17N3O/c14-8-11-3-4-12(7-13(11)15)16-5-6-17-9-10-1-2-10/h3-4,7,10,16H,1-2,5-6,9,15H2. The molecule has 0 bridgehead atoms. The summed E-state index contributed by atoms with van der Waals surface area (Å²) < 4.78 is 5.51. The highest BCUT2D eigenvalue weighted by Crippen LogP contribution is 2.28. The molecular weight excluding hydrogens is 214 g/mol. The molecule has 1 aliphatic carbocycles. The Balaban J connectivity index is 1.70. The number of hydrogen-bond donors (Lipinski definition) is 2. The molecule has 4 nitrogen and oxygen atoms in total. The van der Waals surface area contributed by atoms with E-state index in [4.69, 9.17) is 15.7 Å².